The maximum Gasteiger partial charge on any atom is 0.256 e. The maximum absolute atomic E-state index is 11.7. The molecule has 1 aromatic rings. The Hall–Kier alpha value is -1.90. The van der Waals surface area contributed by atoms with E-state index in [0.717, 1.165) is 5.56 Å². The van der Waals surface area contributed by atoms with Crippen molar-refractivity contribution in [2.24, 2.45) is 0 Å². The van der Waals surface area contributed by atoms with Gasteiger partial charge >= 0.3 is 0 Å². The summed E-state index contributed by atoms with van der Waals surface area (Å²) in [5.41, 5.74) is 3.95. The van der Waals surface area contributed by atoms with Crippen molar-refractivity contribution in [3.63, 3.8) is 0 Å². The summed E-state index contributed by atoms with van der Waals surface area (Å²) in [6.07, 6.45) is 2.01. The van der Waals surface area contributed by atoms with Crippen LogP contribution in [0.2, 0.25) is 0 Å². The van der Waals surface area contributed by atoms with E-state index in [-0.39, 0.29) is 18.2 Å². The molecule has 1 aliphatic heterocycles. The van der Waals surface area contributed by atoms with Gasteiger partial charge in [-0.2, -0.15) is 0 Å². The minimum Gasteiger partial charge on any atom is -0.282 e. The lowest BCUT2D eigenvalue weighted by atomic mass is 10.0. The smallest absolute Gasteiger partial charge is 0.256 e. The molecule has 0 N–H and O–H groups in total. The Morgan fingerprint density at radius 2 is 1.88 bits per heavy atom. The van der Waals surface area contributed by atoms with Crippen LogP contribution in [0.3, 0.4) is 0 Å². The second kappa shape index (κ2) is 4.17. The van der Waals surface area contributed by atoms with Crippen molar-refractivity contribution < 1.29 is 9.59 Å². The predicted octanol–water partition coefficient (Wildman–Crippen LogP) is 2.08. The lowest BCUT2D eigenvalue weighted by molar-refractivity contribution is -0.135. The molecular weight excluding hydrogens is 214 g/mol. The molecule has 1 aromatic carbocycles. The molecule has 1 fully saturated rings. The number of amides is 2. The quantitative estimate of drug-likeness (QED) is 0.546. The van der Waals surface area contributed by atoms with Crippen LogP contribution in [0, 0.1) is 13.8 Å². The summed E-state index contributed by atoms with van der Waals surface area (Å²) < 4.78 is 0. The Balaban J connectivity index is 2.34. The Labute approximate surface area is 101 Å². The zero-order valence-electron chi connectivity index (χ0n) is 10.3. The summed E-state index contributed by atoms with van der Waals surface area (Å²) >= 11 is 0. The fraction of sp³-hybridized carbons (Fsp3) is 0.286. The van der Waals surface area contributed by atoms with E-state index in [1.54, 1.807) is 6.08 Å². The Kier molecular flexibility index (Phi) is 2.84. The topological polar surface area (TPSA) is 37.4 Å². The minimum absolute atomic E-state index is 0.134. The summed E-state index contributed by atoms with van der Waals surface area (Å²) in [4.78, 5) is 24.3. The highest BCUT2D eigenvalue weighted by Crippen LogP contribution is 2.21. The highest BCUT2D eigenvalue weighted by atomic mass is 16.2. The van der Waals surface area contributed by atoms with Gasteiger partial charge in [0.2, 0.25) is 5.91 Å². The molecule has 2 rings (SSSR count). The third-order valence-electron chi connectivity index (χ3n) is 3.17. The zero-order chi connectivity index (χ0) is 12.6. The van der Waals surface area contributed by atoms with E-state index in [0.29, 0.717) is 5.57 Å². The third kappa shape index (κ3) is 2.13. The predicted molar refractivity (Wildman–Crippen MR) is 66.3 cm³/mol. The van der Waals surface area contributed by atoms with Gasteiger partial charge in [0, 0.05) is 12.6 Å². The molecule has 1 heterocycles. The second-order valence-corrected chi connectivity index (χ2v) is 4.45. The monoisotopic (exact) mass is 229 g/mol. The van der Waals surface area contributed by atoms with E-state index in [1.807, 2.05) is 32.0 Å². The van der Waals surface area contributed by atoms with Crippen LogP contribution in [-0.2, 0) is 9.59 Å². The number of imide groups is 1. The molecule has 0 aromatic heterocycles. The molecule has 1 aliphatic rings. The van der Waals surface area contributed by atoms with Crippen molar-refractivity contribution in [2.75, 3.05) is 7.05 Å². The molecule has 0 unspecified atom stereocenters. The Morgan fingerprint density at radius 1 is 1.18 bits per heavy atom. The van der Waals surface area contributed by atoms with E-state index < -0.39 is 0 Å². The molecule has 1 saturated heterocycles. The first kappa shape index (κ1) is 11.6. The molecule has 17 heavy (non-hydrogen) atoms. The summed E-state index contributed by atoms with van der Waals surface area (Å²) in [5.74, 6) is -0.321. The number of hydrogen-bond acceptors (Lipinski definition) is 2. The number of likely N-dealkylation sites (tertiary alicyclic amines) is 1. The van der Waals surface area contributed by atoms with Gasteiger partial charge in [-0.15, -0.1) is 0 Å². The fourth-order valence-corrected chi connectivity index (χ4v) is 1.85. The van der Waals surface area contributed by atoms with Gasteiger partial charge in [-0.05, 0) is 36.6 Å². The van der Waals surface area contributed by atoms with Gasteiger partial charge in [0.15, 0.2) is 0 Å². The molecule has 3 nitrogen and oxygen atoms in total. The number of carbonyl (C=O) groups is 2. The average molecular weight is 229 g/mol. The van der Waals surface area contributed by atoms with Gasteiger partial charge in [-0.1, -0.05) is 18.2 Å². The third-order valence-corrected chi connectivity index (χ3v) is 3.17. The van der Waals surface area contributed by atoms with E-state index in [2.05, 4.69) is 0 Å². The van der Waals surface area contributed by atoms with Crippen molar-refractivity contribution in [3.05, 3.63) is 40.5 Å². The van der Waals surface area contributed by atoms with E-state index in [4.69, 9.17) is 0 Å². The molecule has 0 atom stereocenters. The highest BCUT2D eigenvalue weighted by Gasteiger charge is 2.30. The van der Waals surface area contributed by atoms with Crippen LogP contribution in [-0.4, -0.2) is 23.8 Å². The first-order chi connectivity index (χ1) is 7.99. The molecule has 0 aliphatic carbocycles. The van der Waals surface area contributed by atoms with Crippen LogP contribution in [0.5, 0.6) is 0 Å². The van der Waals surface area contributed by atoms with Gasteiger partial charge < -0.3 is 0 Å². The van der Waals surface area contributed by atoms with Crippen LogP contribution in [0.4, 0.5) is 0 Å². The normalized spacial score (nSPS) is 18.3. The number of carbonyl (C=O) groups excluding carboxylic acids is 2. The number of aryl methyl sites for hydroxylation is 2. The van der Waals surface area contributed by atoms with E-state index in [9.17, 15) is 9.59 Å². The second-order valence-electron chi connectivity index (χ2n) is 4.45. The van der Waals surface area contributed by atoms with E-state index >= 15 is 0 Å². The SMILES string of the molecule is Cc1ccc(/C=C2\CC(=O)N(C)C2=O)cc1C. The first-order valence-electron chi connectivity index (χ1n) is 5.58. The van der Waals surface area contributed by atoms with Gasteiger partial charge in [-0.25, -0.2) is 0 Å². The summed E-state index contributed by atoms with van der Waals surface area (Å²) in [6, 6.07) is 6.01. The molecule has 0 saturated carbocycles. The minimum atomic E-state index is -0.187. The van der Waals surface area contributed by atoms with Crippen molar-refractivity contribution >= 4 is 17.9 Å². The molecule has 0 bridgehead atoms. The van der Waals surface area contributed by atoms with Gasteiger partial charge in [0.05, 0.1) is 6.42 Å². The van der Waals surface area contributed by atoms with Crippen molar-refractivity contribution in [3.8, 4) is 0 Å². The largest absolute Gasteiger partial charge is 0.282 e. The number of likely N-dealkylation sites (N-methyl/N-ethyl adjacent to an activating group) is 1. The van der Waals surface area contributed by atoms with Crippen LogP contribution >= 0.6 is 0 Å². The number of benzene rings is 1. The molecule has 0 spiro atoms. The molecule has 0 radical (unpaired) electrons. The maximum atomic E-state index is 11.7. The van der Waals surface area contributed by atoms with E-state index in [1.165, 1.54) is 23.1 Å². The summed E-state index contributed by atoms with van der Waals surface area (Å²) in [5, 5.41) is 0. The number of hydrogen-bond donors (Lipinski definition) is 0. The standard InChI is InChI=1S/C14H15NO2/c1-9-4-5-11(6-10(9)2)7-12-8-13(16)15(3)14(12)17/h4-7H,8H2,1-3H3/b12-7+. The first-order valence-corrected chi connectivity index (χ1v) is 5.58. The Bertz CT molecular complexity index is 529. The molecule has 88 valence electrons. The average Bonchev–Trinajstić information content (AvgIpc) is 2.52. The number of nitrogens with zero attached hydrogens (tertiary/aromatic N) is 1. The highest BCUT2D eigenvalue weighted by molar-refractivity contribution is 6.15. The fourth-order valence-electron chi connectivity index (χ4n) is 1.85. The van der Waals surface area contributed by atoms with Crippen LogP contribution in [0.25, 0.3) is 6.08 Å². The number of rotatable bonds is 1. The summed E-state index contributed by atoms with van der Waals surface area (Å²) in [6.45, 7) is 4.08. The van der Waals surface area contributed by atoms with Crippen LogP contribution in [0.15, 0.2) is 23.8 Å². The van der Waals surface area contributed by atoms with Crippen LogP contribution < -0.4 is 0 Å². The van der Waals surface area contributed by atoms with Crippen LogP contribution in [0.1, 0.15) is 23.1 Å². The van der Waals surface area contributed by atoms with Gasteiger partial charge in [0.25, 0.3) is 5.91 Å². The van der Waals surface area contributed by atoms with Gasteiger partial charge in [-0.3, -0.25) is 14.5 Å². The molecule has 2 amide bonds. The van der Waals surface area contributed by atoms with Gasteiger partial charge in [0.1, 0.15) is 0 Å². The molecule has 3 heteroatoms. The Morgan fingerprint density at radius 3 is 2.41 bits per heavy atom. The molecular formula is C14H15NO2. The van der Waals surface area contributed by atoms with Crippen molar-refractivity contribution in [2.45, 2.75) is 20.3 Å². The summed E-state index contributed by atoms with van der Waals surface area (Å²) in [7, 11) is 1.52. The zero-order valence-corrected chi connectivity index (χ0v) is 10.3. The van der Waals surface area contributed by atoms with Crippen molar-refractivity contribution in [1.29, 1.82) is 0 Å². The lowest BCUT2D eigenvalue weighted by Gasteiger charge is -2.03. The lowest BCUT2D eigenvalue weighted by Crippen LogP contribution is -2.23. The van der Waals surface area contributed by atoms with Crippen molar-refractivity contribution in [1.82, 2.24) is 4.90 Å².